The van der Waals surface area contributed by atoms with Crippen LogP contribution in [0.4, 0.5) is 17.2 Å². The summed E-state index contributed by atoms with van der Waals surface area (Å²) in [7, 11) is 2.16. The van der Waals surface area contributed by atoms with Crippen molar-refractivity contribution in [3.05, 3.63) is 84.7 Å². The maximum Gasteiger partial charge on any atom is 0.256 e. The summed E-state index contributed by atoms with van der Waals surface area (Å²) in [4.78, 5) is 19.7. The van der Waals surface area contributed by atoms with Gasteiger partial charge in [-0.15, -0.1) is 0 Å². The van der Waals surface area contributed by atoms with Crippen molar-refractivity contribution in [2.45, 2.75) is 18.9 Å². The number of amides is 1. The fraction of sp³-hybridized carbons (Fsp3) is 0.207. The molecule has 0 atom stereocenters. The molecule has 3 aromatic carbocycles. The standard InChI is InChI=1S/C29H30N8O/c1-36-14-12-23(13-15-36)32-22-7-2-19(3-8-22)29(38)33-28-17-26(34-35-28)20-4-11-25-27(16-20)37(18-31-25)24-9-5-21(30)6-10-24/h2-11,16-18,23,32H,12-15,30H2,1H3,(H2,33,34,35,38). The zero-order valence-electron chi connectivity index (χ0n) is 21.2. The van der Waals surface area contributed by atoms with Gasteiger partial charge in [-0.1, -0.05) is 6.07 Å². The lowest BCUT2D eigenvalue weighted by Crippen LogP contribution is -2.36. The molecule has 1 amide bonds. The number of rotatable bonds is 6. The van der Waals surface area contributed by atoms with Gasteiger partial charge in [-0.25, -0.2) is 4.98 Å². The van der Waals surface area contributed by atoms with E-state index < -0.39 is 0 Å². The minimum absolute atomic E-state index is 0.203. The van der Waals surface area contributed by atoms with E-state index in [0.29, 0.717) is 23.1 Å². The number of nitrogen functional groups attached to an aromatic ring is 1. The van der Waals surface area contributed by atoms with Gasteiger partial charge in [0.2, 0.25) is 0 Å². The molecule has 0 spiro atoms. The third kappa shape index (κ3) is 4.96. The van der Waals surface area contributed by atoms with E-state index in [2.05, 4.69) is 37.8 Å². The predicted octanol–water partition coefficient (Wildman–Crippen LogP) is 4.76. The highest BCUT2D eigenvalue weighted by Crippen LogP contribution is 2.26. The average molecular weight is 507 g/mol. The number of hydrogen-bond donors (Lipinski definition) is 4. The Balaban J connectivity index is 1.14. The molecule has 1 aliphatic heterocycles. The summed E-state index contributed by atoms with van der Waals surface area (Å²) in [5, 5.41) is 13.8. The summed E-state index contributed by atoms with van der Waals surface area (Å²) >= 11 is 0. The van der Waals surface area contributed by atoms with E-state index in [1.165, 1.54) is 0 Å². The number of aromatic amines is 1. The van der Waals surface area contributed by atoms with E-state index in [9.17, 15) is 4.79 Å². The number of nitrogens with two attached hydrogens (primary N) is 1. The number of benzene rings is 3. The maximum atomic E-state index is 12.9. The van der Waals surface area contributed by atoms with E-state index in [4.69, 9.17) is 5.73 Å². The predicted molar refractivity (Wildman–Crippen MR) is 152 cm³/mol. The number of likely N-dealkylation sites (tertiary alicyclic amines) is 1. The molecule has 2 aromatic heterocycles. The molecule has 192 valence electrons. The lowest BCUT2D eigenvalue weighted by atomic mass is 10.0. The normalized spacial score (nSPS) is 14.6. The lowest BCUT2D eigenvalue weighted by Gasteiger charge is -2.30. The van der Waals surface area contributed by atoms with Crippen molar-refractivity contribution in [3.63, 3.8) is 0 Å². The first kappa shape index (κ1) is 23.7. The van der Waals surface area contributed by atoms with Crippen molar-refractivity contribution >= 4 is 34.1 Å². The number of anilines is 3. The van der Waals surface area contributed by atoms with Crippen molar-refractivity contribution in [2.24, 2.45) is 0 Å². The smallest absolute Gasteiger partial charge is 0.256 e. The quantitative estimate of drug-likeness (QED) is 0.247. The number of hydrogen-bond acceptors (Lipinski definition) is 6. The summed E-state index contributed by atoms with van der Waals surface area (Å²) in [6.07, 6.45) is 4.04. The molecule has 1 aliphatic rings. The van der Waals surface area contributed by atoms with Crippen LogP contribution in [0, 0.1) is 0 Å². The van der Waals surface area contributed by atoms with Gasteiger partial charge in [-0.2, -0.15) is 5.10 Å². The molecule has 1 fully saturated rings. The van der Waals surface area contributed by atoms with Crippen LogP contribution < -0.4 is 16.4 Å². The Morgan fingerprint density at radius 3 is 2.53 bits per heavy atom. The summed E-state index contributed by atoms with van der Waals surface area (Å²) in [6, 6.07) is 23.6. The van der Waals surface area contributed by atoms with Gasteiger partial charge >= 0.3 is 0 Å². The van der Waals surface area contributed by atoms with E-state index >= 15 is 0 Å². The first-order chi connectivity index (χ1) is 18.5. The van der Waals surface area contributed by atoms with Gasteiger partial charge in [-0.05, 0) is 93.6 Å². The van der Waals surface area contributed by atoms with Crippen LogP contribution in [0.1, 0.15) is 23.2 Å². The molecule has 6 rings (SSSR count). The van der Waals surface area contributed by atoms with Gasteiger partial charge in [0.25, 0.3) is 5.91 Å². The molecular weight excluding hydrogens is 476 g/mol. The molecule has 5 aromatic rings. The van der Waals surface area contributed by atoms with Gasteiger partial charge < -0.3 is 21.3 Å². The van der Waals surface area contributed by atoms with Crippen molar-refractivity contribution in [1.82, 2.24) is 24.6 Å². The number of imidazole rings is 1. The molecule has 9 nitrogen and oxygen atoms in total. The maximum absolute atomic E-state index is 12.9. The Bertz CT molecular complexity index is 1560. The largest absolute Gasteiger partial charge is 0.399 e. The van der Waals surface area contributed by atoms with Crippen molar-refractivity contribution in [3.8, 4) is 16.9 Å². The van der Waals surface area contributed by atoms with Crippen LogP contribution in [0.5, 0.6) is 0 Å². The third-order valence-electron chi connectivity index (χ3n) is 7.09. The first-order valence-electron chi connectivity index (χ1n) is 12.8. The summed E-state index contributed by atoms with van der Waals surface area (Å²) < 4.78 is 2.02. The van der Waals surface area contributed by atoms with Crippen LogP contribution in [0.15, 0.2) is 79.1 Å². The van der Waals surface area contributed by atoms with Crippen molar-refractivity contribution in [2.75, 3.05) is 36.5 Å². The Morgan fingerprint density at radius 1 is 1.00 bits per heavy atom. The van der Waals surface area contributed by atoms with Crippen LogP contribution in [0.2, 0.25) is 0 Å². The number of nitrogens with zero attached hydrogens (tertiary/aromatic N) is 4. The van der Waals surface area contributed by atoms with Crippen LogP contribution >= 0.6 is 0 Å². The minimum Gasteiger partial charge on any atom is -0.399 e. The first-order valence-corrected chi connectivity index (χ1v) is 12.8. The average Bonchev–Trinajstić information content (AvgIpc) is 3.58. The lowest BCUT2D eigenvalue weighted by molar-refractivity contribution is 0.102. The number of H-pyrrole nitrogens is 1. The van der Waals surface area contributed by atoms with Crippen molar-refractivity contribution in [1.29, 1.82) is 0 Å². The number of piperidine rings is 1. The number of carbonyl (C=O) groups excluding carboxylic acids is 1. The minimum atomic E-state index is -0.203. The number of carbonyl (C=O) groups is 1. The molecule has 1 saturated heterocycles. The summed E-state index contributed by atoms with van der Waals surface area (Å²) in [5.74, 6) is 0.261. The Hall–Kier alpha value is -4.63. The van der Waals surface area contributed by atoms with E-state index in [1.807, 2.05) is 77.4 Å². The van der Waals surface area contributed by atoms with E-state index in [-0.39, 0.29) is 5.91 Å². The fourth-order valence-electron chi connectivity index (χ4n) is 4.84. The van der Waals surface area contributed by atoms with Gasteiger partial charge in [0.15, 0.2) is 5.82 Å². The SMILES string of the molecule is CN1CCC(Nc2ccc(C(=O)Nc3cc(-c4ccc5ncn(-c6ccc(N)cc6)c5c4)[nH]n3)cc2)CC1. The second-order valence-electron chi connectivity index (χ2n) is 9.83. The summed E-state index contributed by atoms with van der Waals surface area (Å²) in [6.45, 7) is 2.20. The highest BCUT2D eigenvalue weighted by Gasteiger charge is 2.17. The molecule has 0 unspecified atom stereocenters. The second kappa shape index (κ2) is 10.0. The van der Waals surface area contributed by atoms with Crippen LogP contribution in [0.3, 0.4) is 0 Å². The van der Waals surface area contributed by atoms with Gasteiger partial charge in [0.1, 0.15) is 6.33 Å². The monoisotopic (exact) mass is 506 g/mol. The van der Waals surface area contributed by atoms with E-state index in [0.717, 1.165) is 59.6 Å². The molecule has 38 heavy (non-hydrogen) atoms. The zero-order chi connectivity index (χ0) is 26.1. The second-order valence-corrected chi connectivity index (χ2v) is 9.83. The molecule has 5 N–H and O–H groups in total. The fourth-order valence-corrected chi connectivity index (χ4v) is 4.84. The molecule has 9 heteroatoms. The molecular formula is C29H30N8O. The van der Waals surface area contributed by atoms with Crippen LogP contribution in [-0.4, -0.2) is 56.7 Å². The highest BCUT2D eigenvalue weighted by molar-refractivity contribution is 6.04. The number of aromatic nitrogens is 4. The Labute approximate surface area is 220 Å². The van der Waals surface area contributed by atoms with Crippen molar-refractivity contribution < 1.29 is 4.79 Å². The number of fused-ring (bicyclic) bond motifs is 1. The molecule has 0 bridgehead atoms. The van der Waals surface area contributed by atoms with E-state index in [1.54, 1.807) is 6.33 Å². The molecule has 0 saturated carbocycles. The van der Waals surface area contributed by atoms with Gasteiger partial charge in [0.05, 0.1) is 16.7 Å². The molecule has 3 heterocycles. The van der Waals surface area contributed by atoms with Crippen LogP contribution in [0.25, 0.3) is 28.0 Å². The van der Waals surface area contributed by atoms with Crippen LogP contribution in [-0.2, 0) is 0 Å². The topological polar surface area (TPSA) is 117 Å². The Kier molecular flexibility index (Phi) is 6.27. The molecule has 0 radical (unpaired) electrons. The summed E-state index contributed by atoms with van der Waals surface area (Å²) in [5.41, 5.74) is 12.7. The highest BCUT2D eigenvalue weighted by atomic mass is 16.1. The molecule has 0 aliphatic carbocycles. The third-order valence-corrected chi connectivity index (χ3v) is 7.09. The zero-order valence-corrected chi connectivity index (χ0v) is 21.2. The van der Waals surface area contributed by atoms with Gasteiger partial charge in [-0.3, -0.25) is 14.5 Å². The number of nitrogens with one attached hydrogen (secondary N) is 3. The Morgan fingerprint density at radius 2 is 1.76 bits per heavy atom. The van der Waals surface area contributed by atoms with Gasteiger partial charge in [0, 0.05) is 40.3 Å².